The molecule has 0 aromatic heterocycles. The molecule has 0 aliphatic carbocycles. The topological polar surface area (TPSA) is 99.7 Å². The van der Waals surface area contributed by atoms with Crippen LogP contribution in [0.1, 0.15) is 20.3 Å². The van der Waals surface area contributed by atoms with Gasteiger partial charge in [0, 0.05) is 19.0 Å². The summed E-state index contributed by atoms with van der Waals surface area (Å²) in [6.45, 7) is 4.60. The van der Waals surface area contributed by atoms with Crippen LogP contribution in [0.5, 0.6) is 0 Å². The lowest BCUT2D eigenvalue weighted by molar-refractivity contribution is -0.121. The smallest absolute Gasteiger partial charge is 0.221 e. The lowest BCUT2D eigenvalue weighted by Gasteiger charge is -2.08. The lowest BCUT2D eigenvalue weighted by atomic mass is 10.3. The van der Waals surface area contributed by atoms with Gasteiger partial charge in [-0.15, -0.1) is 0 Å². The van der Waals surface area contributed by atoms with E-state index < -0.39 is 0 Å². The van der Waals surface area contributed by atoms with E-state index in [9.17, 15) is 4.79 Å². The van der Waals surface area contributed by atoms with Crippen molar-refractivity contribution in [1.82, 2.24) is 10.6 Å². The molecule has 5 N–H and O–H groups in total. The Balaban J connectivity index is 3.41. The first kappa shape index (κ1) is 12.7. The number of nitrogens with one attached hydrogen (secondary N) is 2. The predicted molar refractivity (Wildman–Crippen MR) is 54.2 cm³/mol. The summed E-state index contributed by atoms with van der Waals surface area (Å²) in [6, 6.07) is 0.159. The van der Waals surface area contributed by atoms with Crippen molar-refractivity contribution in [3.8, 4) is 0 Å². The molecule has 82 valence electrons. The zero-order valence-electron chi connectivity index (χ0n) is 8.58. The van der Waals surface area contributed by atoms with Crippen LogP contribution in [0.15, 0.2) is 5.16 Å². The summed E-state index contributed by atoms with van der Waals surface area (Å²) in [7, 11) is 0. The predicted octanol–water partition coefficient (Wildman–Crippen LogP) is -0.763. The minimum atomic E-state index is -0.00740. The molecule has 0 aliphatic rings. The standard InChI is InChI=1S/C8H18N4O2/c1-6(2)11-8(13)3-4-10-5-7(9)12-14/h6,10,14H,3-5H2,1-2H3,(H2,9,12)(H,11,13). The number of amides is 1. The molecule has 0 fully saturated rings. The molecule has 6 heteroatoms. The molecular formula is C8H18N4O2. The fourth-order valence-electron chi connectivity index (χ4n) is 0.848. The van der Waals surface area contributed by atoms with Gasteiger partial charge in [0.05, 0.1) is 6.54 Å². The number of hydrogen-bond acceptors (Lipinski definition) is 4. The van der Waals surface area contributed by atoms with E-state index in [-0.39, 0.29) is 24.3 Å². The van der Waals surface area contributed by atoms with Gasteiger partial charge in [-0.25, -0.2) is 0 Å². The number of rotatable bonds is 6. The van der Waals surface area contributed by atoms with Crippen LogP contribution in [0.25, 0.3) is 0 Å². The summed E-state index contributed by atoms with van der Waals surface area (Å²) in [4.78, 5) is 11.1. The third kappa shape index (κ3) is 7.35. The largest absolute Gasteiger partial charge is 0.409 e. The molecular weight excluding hydrogens is 184 g/mol. The van der Waals surface area contributed by atoms with Gasteiger partial charge in [0.2, 0.25) is 5.91 Å². The van der Waals surface area contributed by atoms with E-state index in [1.807, 2.05) is 13.8 Å². The van der Waals surface area contributed by atoms with Crippen molar-refractivity contribution in [2.75, 3.05) is 13.1 Å². The maximum absolute atomic E-state index is 11.1. The van der Waals surface area contributed by atoms with Crippen molar-refractivity contribution >= 4 is 11.7 Å². The zero-order valence-corrected chi connectivity index (χ0v) is 8.58. The number of amidine groups is 1. The summed E-state index contributed by atoms with van der Waals surface area (Å²) >= 11 is 0. The van der Waals surface area contributed by atoms with E-state index in [1.165, 1.54) is 0 Å². The molecule has 0 saturated carbocycles. The number of carbonyl (C=O) groups excluding carboxylic acids is 1. The Hall–Kier alpha value is -1.30. The molecule has 0 aromatic carbocycles. The number of oxime groups is 1. The van der Waals surface area contributed by atoms with Crippen molar-refractivity contribution in [3.05, 3.63) is 0 Å². The highest BCUT2D eigenvalue weighted by Gasteiger charge is 2.02. The Morgan fingerprint density at radius 2 is 2.21 bits per heavy atom. The van der Waals surface area contributed by atoms with Gasteiger partial charge >= 0.3 is 0 Å². The monoisotopic (exact) mass is 202 g/mol. The Labute approximate surface area is 83.5 Å². The first-order valence-corrected chi connectivity index (χ1v) is 4.52. The Morgan fingerprint density at radius 1 is 1.57 bits per heavy atom. The highest BCUT2D eigenvalue weighted by molar-refractivity contribution is 5.81. The van der Waals surface area contributed by atoms with E-state index in [0.29, 0.717) is 13.0 Å². The molecule has 6 nitrogen and oxygen atoms in total. The Bertz CT molecular complexity index is 204. The highest BCUT2D eigenvalue weighted by Crippen LogP contribution is 1.81. The van der Waals surface area contributed by atoms with Gasteiger partial charge in [-0.05, 0) is 13.8 Å². The van der Waals surface area contributed by atoms with E-state index >= 15 is 0 Å². The SMILES string of the molecule is CC(C)NC(=O)CCNCC(N)=NO. The second kappa shape index (κ2) is 7.14. The van der Waals surface area contributed by atoms with Gasteiger partial charge in [-0.1, -0.05) is 5.16 Å². The number of hydrogen-bond donors (Lipinski definition) is 4. The van der Waals surface area contributed by atoms with Crippen LogP contribution in [0.3, 0.4) is 0 Å². The minimum Gasteiger partial charge on any atom is -0.409 e. The van der Waals surface area contributed by atoms with Crippen LogP contribution in [-0.2, 0) is 4.79 Å². The average molecular weight is 202 g/mol. The van der Waals surface area contributed by atoms with Gasteiger partial charge in [-0.2, -0.15) is 0 Å². The van der Waals surface area contributed by atoms with Crippen LogP contribution in [0, 0.1) is 0 Å². The van der Waals surface area contributed by atoms with Gasteiger partial charge in [0.15, 0.2) is 5.84 Å². The second-order valence-corrected chi connectivity index (χ2v) is 3.24. The average Bonchev–Trinajstić information content (AvgIpc) is 2.10. The fourth-order valence-corrected chi connectivity index (χ4v) is 0.848. The van der Waals surface area contributed by atoms with E-state index in [2.05, 4.69) is 15.8 Å². The zero-order chi connectivity index (χ0) is 11.0. The lowest BCUT2D eigenvalue weighted by Crippen LogP contribution is -2.35. The van der Waals surface area contributed by atoms with Crippen LogP contribution >= 0.6 is 0 Å². The van der Waals surface area contributed by atoms with Crippen LogP contribution in [-0.4, -0.2) is 36.1 Å². The van der Waals surface area contributed by atoms with Gasteiger partial charge in [-0.3, -0.25) is 4.79 Å². The number of carbonyl (C=O) groups is 1. The molecule has 14 heavy (non-hydrogen) atoms. The molecule has 0 radical (unpaired) electrons. The van der Waals surface area contributed by atoms with Gasteiger partial charge in [0.1, 0.15) is 0 Å². The van der Waals surface area contributed by atoms with E-state index in [4.69, 9.17) is 10.9 Å². The minimum absolute atomic E-state index is 0.00740. The first-order valence-electron chi connectivity index (χ1n) is 4.52. The maximum atomic E-state index is 11.1. The fraction of sp³-hybridized carbons (Fsp3) is 0.750. The van der Waals surface area contributed by atoms with Crippen molar-refractivity contribution in [2.24, 2.45) is 10.9 Å². The normalized spacial score (nSPS) is 11.8. The van der Waals surface area contributed by atoms with Gasteiger partial charge < -0.3 is 21.6 Å². The highest BCUT2D eigenvalue weighted by atomic mass is 16.4. The molecule has 0 saturated heterocycles. The Morgan fingerprint density at radius 3 is 2.71 bits per heavy atom. The molecule has 0 bridgehead atoms. The third-order valence-electron chi connectivity index (χ3n) is 1.41. The second-order valence-electron chi connectivity index (χ2n) is 3.24. The third-order valence-corrected chi connectivity index (χ3v) is 1.41. The number of nitrogens with zero attached hydrogens (tertiary/aromatic N) is 1. The summed E-state index contributed by atoms with van der Waals surface area (Å²) < 4.78 is 0. The van der Waals surface area contributed by atoms with Crippen molar-refractivity contribution < 1.29 is 10.0 Å². The summed E-state index contributed by atoms with van der Waals surface area (Å²) in [5, 5.41) is 16.6. The van der Waals surface area contributed by atoms with Gasteiger partial charge in [0.25, 0.3) is 0 Å². The summed E-state index contributed by atoms with van der Waals surface area (Å²) in [5.74, 6) is 0.0984. The van der Waals surface area contributed by atoms with E-state index in [0.717, 1.165) is 0 Å². The molecule has 0 heterocycles. The molecule has 0 unspecified atom stereocenters. The number of nitrogens with two attached hydrogens (primary N) is 1. The quantitative estimate of drug-likeness (QED) is 0.149. The maximum Gasteiger partial charge on any atom is 0.221 e. The first-order chi connectivity index (χ1) is 6.56. The molecule has 0 spiro atoms. The molecule has 0 aromatic rings. The van der Waals surface area contributed by atoms with Crippen LogP contribution in [0.4, 0.5) is 0 Å². The molecule has 0 aliphatic heterocycles. The van der Waals surface area contributed by atoms with Crippen LogP contribution < -0.4 is 16.4 Å². The van der Waals surface area contributed by atoms with Crippen molar-refractivity contribution in [1.29, 1.82) is 0 Å². The summed E-state index contributed by atoms with van der Waals surface area (Å²) in [5.41, 5.74) is 5.21. The molecule has 0 atom stereocenters. The molecule has 1 amide bonds. The Kier molecular flexibility index (Phi) is 6.47. The van der Waals surface area contributed by atoms with Crippen molar-refractivity contribution in [3.63, 3.8) is 0 Å². The molecule has 0 rings (SSSR count). The van der Waals surface area contributed by atoms with Crippen molar-refractivity contribution in [2.45, 2.75) is 26.3 Å². The van der Waals surface area contributed by atoms with E-state index in [1.54, 1.807) is 0 Å². The van der Waals surface area contributed by atoms with Crippen LogP contribution in [0.2, 0.25) is 0 Å². The summed E-state index contributed by atoms with van der Waals surface area (Å²) in [6.07, 6.45) is 0.386.